The second-order valence-corrected chi connectivity index (χ2v) is 5.27. The van der Waals surface area contributed by atoms with Gasteiger partial charge in [0.2, 0.25) is 0 Å². The molecule has 0 unspecified atom stereocenters. The number of fused-ring (bicyclic) bond motifs is 1. The van der Waals surface area contributed by atoms with Crippen LogP contribution in [0.3, 0.4) is 0 Å². The number of halogens is 1. The summed E-state index contributed by atoms with van der Waals surface area (Å²) in [6.07, 6.45) is 1.93. The minimum absolute atomic E-state index is 0.452. The smallest absolute Gasteiger partial charge is 0.178 e. The van der Waals surface area contributed by atoms with Crippen LogP contribution in [0.5, 0.6) is 0 Å². The molecule has 3 heterocycles. The van der Waals surface area contributed by atoms with E-state index in [1.54, 1.807) is 0 Å². The van der Waals surface area contributed by atoms with Gasteiger partial charge in [0, 0.05) is 18.3 Å². The van der Waals surface area contributed by atoms with Crippen molar-refractivity contribution in [2.45, 2.75) is 6.54 Å². The first-order chi connectivity index (χ1) is 8.29. The highest BCUT2D eigenvalue weighted by atomic mass is 35.5. The van der Waals surface area contributed by atoms with Gasteiger partial charge in [-0.2, -0.15) is 0 Å². The second-order valence-electron chi connectivity index (χ2n) is 3.56. The Morgan fingerprint density at radius 1 is 1.29 bits per heavy atom. The summed E-state index contributed by atoms with van der Waals surface area (Å²) in [4.78, 5) is 0.997. The lowest BCUT2D eigenvalue weighted by molar-refractivity contribution is 1.04. The maximum Gasteiger partial charge on any atom is 0.178 e. The van der Waals surface area contributed by atoms with Crippen LogP contribution in [0.25, 0.3) is 16.3 Å². The Bertz CT molecular complexity index is 673. The molecule has 0 fully saturated rings. The molecule has 3 rings (SSSR count). The number of thiophene rings is 1. The number of aromatic nitrogens is 3. The van der Waals surface area contributed by atoms with Gasteiger partial charge in [-0.05, 0) is 18.2 Å². The molecular weight excluding hydrogens is 256 g/mol. The SMILES string of the molecule is NCc1cccn2c(-c3ccc(Cl)s3)nnc12. The maximum absolute atomic E-state index is 5.93. The van der Waals surface area contributed by atoms with Crippen LogP contribution in [0, 0.1) is 0 Å². The van der Waals surface area contributed by atoms with Crippen molar-refractivity contribution in [2.75, 3.05) is 0 Å². The third-order valence-electron chi connectivity index (χ3n) is 2.53. The number of rotatable bonds is 2. The van der Waals surface area contributed by atoms with E-state index in [0.29, 0.717) is 6.54 Å². The third-order valence-corrected chi connectivity index (χ3v) is 3.76. The topological polar surface area (TPSA) is 56.2 Å². The van der Waals surface area contributed by atoms with Gasteiger partial charge in [0.1, 0.15) is 0 Å². The van der Waals surface area contributed by atoms with E-state index in [9.17, 15) is 0 Å². The van der Waals surface area contributed by atoms with E-state index in [4.69, 9.17) is 17.3 Å². The first-order valence-electron chi connectivity index (χ1n) is 5.08. The van der Waals surface area contributed by atoms with Crippen LogP contribution in [0.4, 0.5) is 0 Å². The molecule has 0 amide bonds. The first-order valence-corrected chi connectivity index (χ1v) is 6.27. The summed E-state index contributed by atoms with van der Waals surface area (Å²) in [5, 5.41) is 8.37. The van der Waals surface area contributed by atoms with Crippen molar-refractivity contribution >= 4 is 28.6 Å². The Hall–Kier alpha value is -1.43. The number of nitrogens with zero attached hydrogens (tertiary/aromatic N) is 3. The first kappa shape index (κ1) is 10.7. The molecule has 0 aromatic carbocycles. The lowest BCUT2D eigenvalue weighted by atomic mass is 10.3. The van der Waals surface area contributed by atoms with Crippen LogP contribution in [-0.4, -0.2) is 14.6 Å². The average molecular weight is 265 g/mol. The summed E-state index contributed by atoms with van der Waals surface area (Å²) in [5.74, 6) is 0.798. The van der Waals surface area contributed by atoms with Gasteiger partial charge in [-0.25, -0.2) is 0 Å². The number of hydrogen-bond acceptors (Lipinski definition) is 4. The second kappa shape index (κ2) is 4.10. The fourth-order valence-corrected chi connectivity index (χ4v) is 2.76. The fraction of sp³-hybridized carbons (Fsp3) is 0.0909. The van der Waals surface area contributed by atoms with Crippen molar-refractivity contribution in [3.8, 4) is 10.7 Å². The van der Waals surface area contributed by atoms with Crippen molar-refractivity contribution in [1.82, 2.24) is 14.6 Å². The molecule has 3 aromatic rings. The summed E-state index contributed by atoms with van der Waals surface area (Å²) in [6.45, 7) is 0.452. The molecule has 0 spiro atoms. The monoisotopic (exact) mass is 264 g/mol. The van der Waals surface area contributed by atoms with Crippen molar-refractivity contribution in [2.24, 2.45) is 5.73 Å². The molecular formula is C11H9ClN4S. The van der Waals surface area contributed by atoms with Gasteiger partial charge in [0.05, 0.1) is 9.21 Å². The van der Waals surface area contributed by atoms with Crippen LogP contribution in [0.15, 0.2) is 30.5 Å². The molecule has 86 valence electrons. The standard InChI is InChI=1S/C11H9ClN4S/c12-9-4-3-8(17-9)11-15-14-10-7(6-13)2-1-5-16(10)11/h1-5H,6,13H2. The zero-order valence-electron chi connectivity index (χ0n) is 8.80. The van der Waals surface area contributed by atoms with Crippen LogP contribution >= 0.6 is 22.9 Å². The largest absolute Gasteiger partial charge is 0.326 e. The van der Waals surface area contributed by atoms with Crippen LogP contribution in [0.2, 0.25) is 4.34 Å². The van der Waals surface area contributed by atoms with Gasteiger partial charge in [0.15, 0.2) is 11.5 Å². The number of nitrogens with two attached hydrogens (primary N) is 1. The van der Waals surface area contributed by atoms with E-state index >= 15 is 0 Å². The lowest BCUT2D eigenvalue weighted by Crippen LogP contribution is -1.99. The number of pyridine rings is 1. The Balaban J connectivity index is 2.25. The molecule has 0 saturated carbocycles. The normalized spacial score (nSPS) is 11.2. The minimum Gasteiger partial charge on any atom is -0.326 e. The molecule has 0 atom stereocenters. The average Bonchev–Trinajstić information content (AvgIpc) is 2.94. The van der Waals surface area contributed by atoms with E-state index in [-0.39, 0.29) is 0 Å². The Kier molecular flexibility index (Phi) is 2.58. The quantitative estimate of drug-likeness (QED) is 0.774. The predicted octanol–water partition coefficient (Wildman–Crippen LogP) is 2.57. The highest BCUT2D eigenvalue weighted by Crippen LogP contribution is 2.30. The molecule has 0 aliphatic carbocycles. The van der Waals surface area contributed by atoms with Crippen molar-refractivity contribution in [3.05, 3.63) is 40.4 Å². The predicted molar refractivity (Wildman–Crippen MR) is 69.2 cm³/mol. The van der Waals surface area contributed by atoms with Crippen molar-refractivity contribution in [1.29, 1.82) is 0 Å². The van der Waals surface area contributed by atoms with Gasteiger partial charge >= 0.3 is 0 Å². The Morgan fingerprint density at radius 2 is 2.18 bits per heavy atom. The van der Waals surface area contributed by atoms with E-state index in [1.807, 2.05) is 34.9 Å². The molecule has 0 radical (unpaired) electrons. The third kappa shape index (κ3) is 1.72. The van der Waals surface area contributed by atoms with Gasteiger partial charge in [-0.1, -0.05) is 17.7 Å². The van der Waals surface area contributed by atoms with E-state index in [0.717, 1.165) is 26.2 Å². The zero-order valence-corrected chi connectivity index (χ0v) is 10.4. The van der Waals surface area contributed by atoms with Crippen LogP contribution < -0.4 is 5.73 Å². The molecule has 0 saturated heterocycles. The molecule has 17 heavy (non-hydrogen) atoms. The van der Waals surface area contributed by atoms with Gasteiger partial charge < -0.3 is 5.73 Å². The molecule has 6 heteroatoms. The summed E-state index contributed by atoms with van der Waals surface area (Å²) >= 11 is 7.41. The maximum atomic E-state index is 5.93. The molecule has 0 aliphatic heterocycles. The highest BCUT2D eigenvalue weighted by Gasteiger charge is 2.11. The van der Waals surface area contributed by atoms with E-state index in [2.05, 4.69) is 10.2 Å². The molecule has 0 bridgehead atoms. The summed E-state index contributed by atoms with van der Waals surface area (Å²) in [5.41, 5.74) is 7.45. The van der Waals surface area contributed by atoms with E-state index in [1.165, 1.54) is 11.3 Å². The minimum atomic E-state index is 0.452. The van der Waals surface area contributed by atoms with Gasteiger partial charge in [0.25, 0.3) is 0 Å². The van der Waals surface area contributed by atoms with Crippen molar-refractivity contribution in [3.63, 3.8) is 0 Å². The highest BCUT2D eigenvalue weighted by molar-refractivity contribution is 7.19. The van der Waals surface area contributed by atoms with E-state index < -0.39 is 0 Å². The number of hydrogen-bond donors (Lipinski definition) is 1. The fourth-order valence-electron chi connectivity index (χ4n) is 1.73. The molecule has 3 aromatic heterocycles. The van der Waals surface area contributed by atoms with Crippen LogP contribution in [0.1, 0.15) is 5.56 Å². The summed E-state index contributed by atoms with van der Waals surface area (Å²) in [7, 11) is 0. The van der Waals surface area contributed by atoms with Crippen LogP contribution in [-0.2, 0) is 6.54 Å². The lowest BCUT2D eigenvalue weighted by Gasteiger charge is -2.00. The van der Waals surface area contributed by atoms with Gasteiger partial charge in [-0.15, -0.1) is 21.5 Å². The summed E-state index contributed by atoms with van der Waals surface area (Å²) in [6, 6.07) is 7.69. The van der Waals surface area contributed by atoms with Gasteiger partial charge in [-0.3, -0.25) is 4.40 Å². The molecule has 0 aliphatic rings. The summed E-state index contributed by atoms with van der Waals surface area (Å²) < 4.78 is 2.68. The Labute approximate surface area is 107 Å². The Morgan fingerprint density at radius 3 is 2.88 bits per heavy atom. The molecule has 4 nitrogen and oxygen atoms in total. The zero-order chi connectivity index (χ0) is 11.8. The molecule has 2 N–H and O–H groups in total. The van der Waals surface area contributed by atoms with Crippen molar-refractivity contribution < 1.29 is 0 Å².